The standard InChI is InChI=1S/C21H26ClN4O2/c1-21(2,3)28-17-7-4-14(5-8-17)20-24-23-19-12-25(13-27)11-15-10-16(22)6-9-18(15)26(19)20/h6,9-10,14,17H,4-5,7-8,11-12H2,1-3H3. The maximum absolute atomic E-state index is 11.4. The molecule has 0 atom stereocenters. The van der Waals surface area contributed by atoms with Gasteiger partial charge in [0.25, 0.3) is 0 Å². The molecule has 4 rings (SSSR count). The van der Waals surface area contributed by atoms with Gasteiger partial charge in [-0.05, 0) is 70.2 Å². The summed E-state index contributed by atoms with van der Waals surface area (Å²) in [6, 6.07) is 5.78. The fraction of sp³-hybridized carbons (Fsp3) is 0.571. The van der Waals surface area contributed by atoms with E-state index in [1.54, 1.807) is 4.90 Å². The van der Waals surface area contributed by atoms with Crippen molar-refractivity contribution in [2.45, 2.75) is 77.2 Å². The molecule has 1 saturated carbocycles. The third-order valence-corrected chi connectivity index (χ3v) is 5.65. The van der Waals surface area contributed by atoms with Crippen LogP contribution in [0.4, 0.5) is 0 Å². The van der Waals surface area contributed by atoms with Crippen molar-refractivity contribution in [1.29, 1.82) is 0 Å². The van der Waals surface area contributed by atoms with Crippen LogP contribution in [0.1, 0.15) is 69.6 Å². The van der Waals surface area contributed by atoms with Crippen LogP contribution in [-0.4, -0.2) is 37.8 Å². The van der Waals surface area contributed by atoms with E-state index in [9.17, 15) is 4.79 Å². The van der Waals surface area contributed by atoms with Gasteiger partial charge in [-0.3, -0.25) is 9.36 Å². The number of carbonyl (C=O) groups excluding carboxylic acids is 1. The number of benzene rings is 1. The first-order valence-electron chi connectivity index (χ1n) is 9.87. The molecular formula is C21H26ClN4O2. The minimum Gasteiger partial charge on any atom is -0.373 e. The van der Waals surface area contributed by atoms with E-state index in [1.165, 1.54) is 0 Å². The largest absolute Gasteiger partial charge is 0.373 e. The van der Waals surface area contributed by atoms with E-state index < -0.39 is 0 Å². The van der Waals surface area contributed by atoms with Gasteiger partial charge in [0.1, 0.15) is 5.82 Å². The summed E-state index contributed by atoms with van der Waals surface area (Å²) in [7, 11) is 0. The Labute approximate surface area is 170 Å². The summed E-state index contributed by atoms with van der Waals surface area (Å²) >= 11 is 6.21. The van der Waals surface area contributed by atoms with Crippen LogP contribution in [-0.2, 0) is 22.6 Å². The van der Waals surface area contributed by atoms with E-state index in [0.29, 0.717) is 30.1 Å². The van der Waals surface area contributed by atoms with Crippen LogP contribution in [0.5, 0.6) is 0 Å². The summed E-state index contributed by atoms with van der Waals surface area (Å²) in [6.07, 6.45) is 6.38. The van der Waals surface area contributed by atoms with Gasteiger partial charge in [0.15, 0.2) is 5.82 Å². The highest BCUT2D eigenvalue weighted by Gasteiger charge is 2.32. The van der Waals surface area contributed by atoms with Gasteiger partial charge in [0.05, 0.1) is 23.9 Å². The Kier molecular flexibility index (Phi) is 5.19. The molecule has 1 aliphatic heterocycles. The van der Waals surface area contributed by atoms with Gasteiger partial charge in [-0.1, -0.05) is 11.6 Å². The lowest BCUT2D eigenvalue weighted by Gasteiger charge is -2.33. The van der Waals surface area contributed by atoms with Crippen molar-refractivity contribution in [3.05, 3.63) is 40.4 Å². The van der Waals surface area contributed by atoms with Crippen LogP contribution in [0.25, 0.3) is 5.69 Å². The molecule has 0 N–H and O–H groups in total. The van der Waals surface area contributed by atoms with Gasteiger partial charge < -0.3 is 9.64 Å². The second-order valence-corrected chi connectivity index (χ2v) is 9.17. The van der Waals surface area contributed by atoms with Crippen molar-refractivity contribution >= 4 is 18.0 Å². The number of rotatable bonds is 3. The van der Waals surface area contributed by atoms with Crippen molar-refractivity contribution in [2.24, 2.45) is 0 Å². The molecule has 1 radical (unpaired) electrons. The maximum atomic E-state index is 11.4. The minimum atomic E-state index is -0.115. The molecule has 2 aliphatic rings. The molecule has 28 heavy (non-hydrogen) atoms. The Hall–Kier alpha value is -1.92. The number of ether oxygens (including phenoxy) is 1. The normalized spacial score (nSPS) is 22.4. The van der Waals surface area contributed by atoms with Crippen molar-refractivity contribution in [3.8, 4) is 5.69 Å². The van der Waals surface area contributed by atoms with Crippen LogP contribution >= 0.6 is 11.6 Å². The zero-order chi connectivity index (χ0) is 19.9. The average Bonchev–Trinajstić information content (AvgIpc) is 2.97. The van der Waals surface area contributed by atoms with E-state index in [0.717, 1.165) is 48.6 Å². The fourth-order valence-electron chi connectivity index (χ4n) is 4.29. The number of halogens is 1. The Morgan fingerprint density at radius 3 is 2.57 bits per heavy atom. The summed E-state index contributed by atoms with van der Waals surface area (Å²) < 4.78 is 8.29. The first kappa shape index (κ1) is 19.4. The molecule has 0 bridgehead atoms. The van der Waals surface area contributed by atoms with E-state index >= 15 is 0 Å². The minimum absolute atomic E-state index is 0.115. The smallest absolute Gasteiger partial charge is 0.312 e. The SMILES string of the molecule is CC(C)(C)OC1CCC(c2nnc3n2-c2ccc(Cl)cc2CN([C]=O)C3)CC1. The van der Waals surface area contributed by atoms with Crippen LogP contribution in [0.3, 0.4) is 0 Å². The number of aromatic nitrogens is 3. The molecule has 149 valence electrons. The van der Waals surface area contributed by atoms with Crippen molar-refractivity contribution in [1.82, 2.24) is 19.7 Å². The van der Waals surface area contributed by atoms with Crippen molar-refractivity contribution < 1.29 is 9.53 Å². The van der Waals surface area contributed by atoms with E-state index in [4.69, 9.17) is 16.3 Å². The maximum Gasteiger partial charge on any atom is 0.312 e. The number of hydrogen-bond acceptors (Lipinski definition) is 4. The Morgan fingerprint density at radius 1 is 1.14 bits per heavy atom. The Morgan fingerprint density at radius 2 is 1.89 bits per heavy atom. The van der Waals surface area contributed by atoms with Gasteiger partial charge in [-0.25, -0.2) is 0 Å². The summed E-state index contributed by atoms with van der Waals surface area (Å²) in [5.74, 6) is 2.07. The number of nitrogens with zero attached hydrogens (tertiary/aromatic N) is 4. The predicted octanol–water partition coefficient (Wildman–Crippen LogP) is 4.14. The number of amides is 1. The summed E-state index contributed by atoms with van der Waals surface area (Å²) in [6.45, 7) is 7.18. The topological polar surface area (TPSA) is 60.3 Å². The van der Waals surface area contributed by atoms with Gasteiger partial charge in [-0.2, -0.15) is 0 Å². The molecule has 2 aromatic rings. The van der Waals surface area contributed by atoms with Crippen molar-refractivity contribution in [3.63, 3.8) is 0 Å². The molecule has 1 aromatic heterocycles. The second-order valence-electron chi connectivity index (χ2n) is 8.73. The molecule has 1 aromatic carbocycles. The van der Waals surface area contributed by atoms with Gasteiger partial charge in [0.2, 0.25) is 0 Å². The van der Waals surface area contributed by atoms with E-state index in [-0.39, 0.29) is 5.60 Å². The van der Waals surface area contributed by atoms with Crippen molar-refractivity contribution in [2.75, 3.05) is 0 Å². The van der Waals surface area contributed by atoms with Crippen LogP contribution in [0, 0.1) is 0 Å². The molecule has 1 amide bonds. The molecule has 6 nitrogen and oxygen atoms in total. The molecular weight excluding hydrogens is 376 g/mol. The van der Waals surface area contributed by atoms with Gasteiger partial charge in [-0.15, -0.1) is 10.2 Å². The molecule has 2 heterocycles. The zero-order valence-corrected chi connectivity index (χ0v) is 17.4. The lowest BCUT2D eigenvalue weighted by molar-refractivity contribution is -0.0753. The third kappa shape index (κ3) is 3.94. The monoisotopic (exact) mass is 401 g/mol. The Balaban J connectivity index is 1.64. The number of hydrogen-bond donors (Lipinski definition) is 0. The Bertz CT molecular complexity index is 866. The van der Waals surface area contributed by atoms with Gasteiger partial charge >= 0.3 is 6.41 Å². The summed E-state index contributed by atoms with van der Waals surface area (Å²) in [4.78, 5) is 13.0. The lowest BCUT2D eigenvalue weighted by atomic mass is 9.86. The lowest BCUT2D eigenvalue weighted by Crippen LogP contribution is -2.30. The molecule has 1 aliphatic carbocycles. The first-order valence-corrected chi connectivity index (χ1v) is 10.3. The highest BCUT2D eigenvalue weighted by atomic mass is 35.5. The molecule has 7 heteroatoms. The van der Waals surface area contributed by atoms with Crippen LogP contribution in [0.2, 0.25) is 5.02 Å². The average molecular weight is 402 g/mol. The predicted molar refractivity (Wildman–Crippen MR) is 107 cm³/mol. The highest BCUT2D eigenvalue weighted by molar-refractivity contribution is 6.30. The zero-order valence-electron chi connectivity index (χ0n) is 16.6. The molecule has 0 unspecified atom stereocenters. The van der Waals surface area contributed by atoms with E-state index in [2.05, 4.69) is 35.5 Å². The first-order chi connectivity index (χ1) is 13.3. The highest BCUT2D eigenvalue weighted by Crippen LogP contribution is 2.37. The molecule has 0 spiro atoms. The summed E-state index contributed by atoms with van der Waals surface area (Å²) in [5.41, 5.74) is 1.88. The molecule has 1 fully saturated rings. The van der Waals surface area contributed by atoms with E-state index in [1.807, 2.05) is 24.6 Å². The fourth-order valence-corrected chi connectivity index (χ4v) is 4.49. The second kappa shape index (κ2) is 7.48. The summed E-state index contributed by atoms with van der Waals surface area (Å²) in [5, 5.41) is 9.61. The van der Waals surface area contributed by atoms with Gasteiger partial charge in [0, 0.05) is 17.5 Å². The third-order valence-electron chi connectivity index (χ3n) is 5.42. The molecule has 0 saturated heterocycles. The number of fused-ring (bicyclic) bond motifs is 3. The van der Waals surface area contributed by atoms with Crippen LogP contribution < -0.4 is 0 Å². The van der Waals surface area contributed by atoms with Crippen LogP contribution in [0.15, 0.2) is 18.2 Å². The quantitative estimate of drug-likeness (QED) is 0.775.